The zero-order valence-corrected chi connectivity index (χ0v) is 14.0. The molecule has 1 aromatic carbocycles. The normalized spacial score (nSPS) is 19.6. The highest BCUT2D eigenvalue weighted by atomic mass is 79.9. The van der Waals surface area contributed by atoms with Gasteiger partial charge in [-0.2, -0.15) is 4.31 Å². The van der Waals surface area contributed by atoms with Gasteiger partial charge in [0, 0.05) is 23.3 Å². The Bertz CT molecular complexity index is 642. The SMILES string of the molecule is Nc1cc(Cl)cc(S(=O)(=O)N(CC2CC2)C2CC2)c1Br. The van der Waals surface area contributed by atoms with Crippen molar-refractivity contribution in [3.05, 3.63) is 21.6 Å². The molecule has 0 spiro atoms. The average Bonchev–Trinajstić information content (AvgIpc) is 3.24. The molecular weight excluding hydrogens is 364 g/mol. The molecule has 0 saturated heterocycles. The van der Waals surface area contributed by atoms with Gasteiger partial charge in [-0.25, -0.2) is 8.42 Å². The fraction of sp³-hybridized carbons (Fsp3) is 0.538. The van der Waals surface area contributed by atoms with Gasteiger partial charge in [0.1, 0.15) is 0 Å². The molecule has 1 aromatic rings. The van der Waals surface area contributed by atoms with Crippen LogP contribution in [0.3, 0.4) is 0 Å². The Morgan fingerprint density at radius 2 is 1.95 bits per heavy atom. The monoisotopic (exact) mass is 378 g/mol. The first-order chi connectivity index (χ1) is 9.39. The van der Waals surface area contributed by atoms with Gasteiger partial charge in [0.2, 0.25) is 10.0 Å². The second-order valence-corrected chi connectivity index (χ2v) is 8.64. The molecule has 0 aromatic heterocycles. The molecule has 2 N–H and O–H groups in total. The molecule has 0 amide bonds. The van der Waals surface area contributed by atoms with Crippen molar-refractivity contribution in [1.82, 2.24) is 4.31 Å². The highest BCUT2D eigenvalue weighted by Gasteiger charge is 2.41. The molecular formula is C13H16BrClN2O2S. The number of anilines is 1. The number of benzene rings is 1. The predicted octanol–water partition coefficient (Wildman–Crippen LogP) is 3.25. The Labute approximate surface area is 132 Å². The summed E-state index contributed by atoms with van der Waals surface area (Å²) in [5.41, 5.74) is 6.15. The van der Waals surface area contributed by atoms with Gasteiger partial charge in [-0.05, 0) is 59.7 Å². The van der Waals surface area contributed by atoms with E-state index in [4.69, 9.17) is 17.3 Å². The molecule has 0 radical (unpaired) electrons. The lowest BCUT2D eigenvalue weighted by Gasteiger charge is -2.23. The Morgan fingerprint density at radius 1 is 1.30 bits per heavy atom. The molecule has 0 unspecified atom stereocenters. The molecule has 3 rings (SSSR count). The highest BCUT2D eigenvalue weighted by molar-refractivity contribution is 9.10. The zero-order valence-electron chi connectivity index (χ0n) is 10.9. The molecule has 0 atom stereocenters. The molecule has 2 saturated carbocycles. The van der Waals surface area contributed by atoms with E-state index < -0.39 is 10.0 Å². The van der Waals surface area contributed by atoms with Crippen LogP contribution < -0.4 is 5.73 Å². The number of nitrogens with zero attached hydrogens (tertiary/aromatic N) is 1. The van der Waals surface area contributed by atoms with E-state index in [0.717, 1.165) is 25.7 Å². The molecule has 110 valence electrons. The van der Waals surface area contributed by atoms with Gasteiger partial charge in [-0.1, -0.05) is 11.6 Å². The van der Waals surface area contributed by atoms with E-state index in [1.54, 1.807) is 10.4 Å². The Balaban J connectivity index is 2.01. The largest absolute Gasteiger partial charge is 0.398 e. The molecule has 7 heteroatoms. The number of halogens is 2. The summed E-state index contributed by atoms with van der Waals surface area (Å²) in [7, 11) is -3.55. The van der Waals surface area contributed by atoms with Crippen LogP contribution in [0, 0.1) is 5.92 Å². The number of nitrogen functional groups attached to an aromatic ring is 1. The Hall–Kier alpha value is -0.300. The van der Waals surface area contributed by atoms with Crippen molar-refractivity contribution in [1.29, 1.82) is 0 Å². The second kappa shape index (κ2) is 5.16. The number of hydrogen-bond donors (Lipinski definition) is 1. The summed E-state index contributed by atoms with van der Waals surface area (Å²) < 4.78 is 27.8. The summed E-state index contributed by atoms with van der Waals surface area (Å²) in [4.78, 5) is 0.176. The standard InChI is InChI=1S/C13H16BrClN2O2S/c14-13-11(16)5-9(15)6-12(13)20(18,19)17(10-3-4-10)7-8-1-2-8/h5-6,8,10H,1-4,7,16H2. The summed E-state index contributed by atoms with van der Waals surface area (Å²) >= 11 is 9.24. The Kier molecular flexibility index (Phi) is 3.77. The van der Waals surface area contributed by atoms with Gasteiger partial charge in [-0.3, -0.25) is 0 Å². The van der Waals surface area contributed by atoms with Crippen LogP contribution in [0.5, 0.6) is 0 Å². The van der Waals surface area contributed by atoms with Crippen molar-refractivity contribution in [3.8, 4) is 0 Å². The maximum absolute atomic E-state index is 12.9. The smallest absolute Gasteiger partial charge is 0.244 e. The maximum atomic E-state index is 12.9. The summed E-state index contributed by atoms with van der Waals surface area (Å²) in [6.07, 6.45) is 4.13. The van der Waals surface area contributed by atoms with E-state index in [2.05, 4.69) is 15.9 Å². The third kappa shape index (κ3) is 2.84. The van der Waals surface area contributed by atoms with Crippen molar-refractivity contribution >= 4 is 43.2 Å². The van der Waals surface area contributed by atoms with E-state index in [9.17, 15) is 8.42 Å². The molecule has 20 heavy (non-hydrogen) atoms. The Morgan fingerprint density at radius 3 is 2.50 bits per heavy atom. The fourth-order valence-electron chi connectivity index (χ4n) is 2.26. The number of rotatable bonds is 5. The first-order valence-electron chi connectivity index (χ1n) is 6.66. The molecule has 2 aliphatic carbocycles. The van der Waals surface area contributed by atoms with Crippen LogP contribution in [-0.4, -0.2) is 25.3 Å². The minimum atomic E-state index is -3.55. The lowest BCUT2D eigenvalue weighted by Crippen LogP contribution is -2.35. The van der Waals surface area contributed by atoms with Gasteiger partial charge >= 0.3 is 0 Å². The van der Waals surface area contributed by atoms with Crippen LogP contribution in [-0.2, 0) is 10.0 Å². The topological polar surface area (TPSA) is 63.4 Å². The molecule has 0 bridgehead atoms. The van der Waals surface area contributed by atoms with Crippen LogP contribution in [0.1, 0.15) is 25.7 Å². The van der Waals surface area contributed by atoms with Crippen molar-refractivity contribution in [3.63, 3.8) is 0 Å². The van der Waals surface area contributed by atoms with E-state index in [1.165, 1.54) is 6.07 Å². The van der Waals surface area contributed by atoms with Gasteiger partial charge in [0.05, 0.1) is 9.37 Å². The summed E-state index contributed by atoms with van der Waals surface area (Å²) in [5, 5.41) is 0.339. The lowest BCUT2D eigenvalue weighted by atomic mass is 10.3. The second-order valence-electron chi connectivity index (χ2n) is 5.56. The third-order valence-corrected chi connectivity index (χ3v) is 7.02. The first-order valence-corrected chi connectivity index (χ1v) is 9.27. The molecule has 0 aliphatic heterocycles. The van der Waals surface area contributed by atoms with Crippen molar-refractivity contribution in [2.45, 2.75) is 36.6 Å². The lowest BCUT2D eigenvalue weighted by molar-refractivity contribution is 0.388. The maximum Gasteiger partial charge on any atom is 0.244 e. The average molecular weight is 380 g/mol. The quantitative estimate of drug-likeness (QED) is 0.799. The summed E-state index contributed by atoms with van der Waals surface area (Å²) in [6.45, 7) is 0.617. The molecule has 2 fully saturated rings. The van der Waals surface area contributed by atoms with Crippen LogP contribution in [0.4, 0.5) is 5.69 Å². The van der Waals surface area contributed by atoms with Crippen molar-refractivity contribution in [2.24, 2.45) is 5.92 Å². The van der Waals surface area contributed by atoms with E-state index in [1.807, 2.05) is 0 Å². The van der Waals surface area contributed by atoms with E-state index >= 15 is 0 Å². The van der Waals surface area contributed by atoms with Gasteiger partial charge < -0.3 is 5.73 Å². The highest BCUT2D eigenvalue weighted by Crippen LogP contribution is 2.40. The van der Waals surface area contributed by atoms with Crippen molar-refractivity contribution < 1.29 is 8.42 Å². The van der Waals surface area contributed by atoms with Crippen LogP contribution >= 0.6 is 27.5 Å². The van der Waals surface area contributed by atoms with Gasteiger partial charge in [0.15, 0.2) is 0 Å². The van der Waals surface area contributed by atoms with Crippen molar-refractivity contribution in [2.75, 3.05) is 12.3 Å². The van der Waals surface area contributed by atoms with Gasteiger partial charge in [0.25, 0.3) is 0 Å². The molecule has 4 nitrogen and oxygen atoms in total. The summed E-state index contributed by atoms with van der Waals surface area (Å²) in [5.74, 6) is 0.515. The van der Waals surface area contributed by atoms with Crippen LogP contribution in [0.25, 0.3) is 0 Å². The van der Waals surface area contributed by atoms with E-state index in [-0.39, 0.29) is 10.9 Å². The minimum absolute atomic E-state index is 0.146. The summed E-state index contributed by atoms with van der Waals surface area (Å²) in [6, 6.07) is 3.17. The number of nitrogens with two attached hydrogens (primary N) is 1. The first kappa shape index (κ1) is 14.6. The zero-order chi connectivity index (χ0) is 14.5. The predicted molar refractivity (Wildman–Crippen MR) is 83.2 cm³/mol. The molecule has 2 aliphatic rings. The van der Waals surface area contributed by atoms with Crippen LogP contribution in [0.2, 0.25) is 5.02 Å². The van der Waals surface area contributed by atoms with E-state index in [0.29, 0.717) is 27.6 Å². The van der Waals surface area contributed by atoms with Gasteiger partial charge in [-0.15, -0.1) is 0 Å². The minimum Gasteiger partial charge on any atom is -0.398 e. The molecule has 0 heterocycles. The number of hydrogen-bond acceptors (Lipinski definition) is 3. The fourth-order valence-corrected chi connectivity index (χ4v) is 5.28. The third-order valence-electron chi connectivity index (χ3n) is 3.71. The van der Waals surface area contributed by atoms with Crippen LogP contribution in [0.15, 0.2) is 21.5 Å². The number of sulfonamides is 1.